The molecule has 3 heteroatoms. The van der Waals surface area contributed by atoms with Crippen LogP contribution in [0.3, 0.4) is 0 Å². The SMILES string of the molecule is [CH2]Cc1c(F)ccc(F)c1Cl. The van der Waals surface area contributed by atoms with Crippen molar-refractivity contribution in [1.29, 1.82) is 0 Å². The van der Waals surface area contributed by atoms with E-state index in [2.05, 4.69) is 6.92 Å². The van der Waals surface area contributed by atoms with E-state index in [0.29, 0.717) is 0 Å². The van der Waals surface area contributed by atoms with E-state index in [1.54, 1.807) is 0 Å². The zero-order valence-electron chi connectivity index (χ0n) is 5.70. The molecule has 1 aromatic rings. The Balaban J connectivity index is 3.29. The molecule has 1 aromatic carbocycles. The molecular weight excluding hydrogens is 170 g/mol. The summed E-state index contributed by atoms with van der Waals surface area (Å²) >= 11 is 5.44. The van der Waals surface area contributed by atoms with Crippen molar-refractivity contribution in [2.24, 2.45) is 0 Å². The molecule has 0 saturated carbocycles. The minimum atomic E-state index is -0.605. The zero-order chi connectivity index (χ0) is 8.43. The van der Waals surface area contributed by atoms with E-state index in [1.807, 2.05) is 0 Å². The van der Waals surface area contributed by atoms with Gasteiger partial charge in [0.05, 0.1) is 5.02 Å². The molecule has 0 fully saturated rings. The maximum absolute atomic E-state index is 12.7. The van der Waals surface area contributed by atoms with Gasteiger partial charge < -0.3 is 0 Å². The van der Waals surface area contributed by atoms with Crippen LogP contribution in [0.5, 0.6) is 0 Å². The topological polar surface area (TPSA) is 0 Å². The van der Waals surface area contributed by atoms with Crippen LogP contribution in [-0.2, 0) is 6.42 Å². The molecule has 0 heterocycles. The van der Waals surface area contributed by atoms with Gasteiger partial charge in [-0.25, -0.2) is 8.78 Å². The Morgan fingerprint density at radius 2 is 1.82 bits per heavy atom. The third kappa shape index (κ3) is 1.51. The quantitative estimate of drug-likeness (QED) is 0.576. The van der Waals surface area contributed by atoms with Gasteiger partial charge >= 0.3 is 0 Å². The Hall–Kier alpha value is -0.630. The summed E-state index contributed by atoms with van der Waals surface area (Å²) in [5.74, 6) is -1.11. The van der Waals surface area contributed by atoms with Crippen LogP contribution in [0.1, 0.15) is 5.56 Å². The van der Waals surface area contributed by atoms with Crippen LogP contribution in [0.15, 0.2) is 12.1 Å². The highest BCUT2D eigenvalue weighted by molar-refractivity contribution is 6.31. The lowest BCUT2D eigenvalue weighted by atomic mass is 10.1. The van der Waals surface area contributed by atoms with Crippen LogP contribution in [0.4, 0.5) is 8.78 Å². The molecule has 0 aliphatic rings. The first-order valence-corrected chi connectivity index (χ1v) is 3.46. The fraction of sp³-hybridized carbons (Fsp3) is 0.125. The lowest BCUT2D eigenvalue weighted by Crippen LogP contribution is -1.91. The summed E-state index contributed by atoms with van der Waals surface area (Å²) in [5.41, 5.74) is 0.131. The molecule has 0 saturated heterocycles. The Labute approximate surface area is 68.8 Å². The maximum atomic E-state index is 12.7. The second kappa shape index (κ2) is 3.18. The number of halogens is 3. The van der Waals surface area contributed by atoms with Crippen molar-refractivity contribution in [1.82, 2.24) is 0 Å². The third-order valence-electron chi connectivity index (χ3n) is 1.39. The van der Waals surface area contributed by atoms with Gasteiger partial charge in [0.1, 0.15) is 11.6 Å². The van der Waals surface area contributed by atoms with Crippen molar-refractivity contribution >= 4 is 11.6 Å². The van der Waals surface area contributed by atoms with E-state index in [0.717, 1.165) is 12.1 Å². The van der Waals surface area contributed by atoms with Crippen LogP contribution >= 0.6 is 11.6 Å². The van der Waals surface area contributed by atoms with E-state index >= 15 is 0 Å². The summed E-state index contributed by atoms with van der Waals surface area (Å²) in [6, 6.07) is 2.04. The summed E-state index contributed by atoms with van der Waals surface area (Å²) in [6.07, 6.45) is 0.155. The van der Waals surface area contributed by atoms with Gasteiger partial charge in [0.25, 0.3) is 0 Å². The van der Waals surface area contributed by atoms with Gasteiger partial charge in [-0.1, -0.05) is 11.6 Å². The van der Waals surface area contributed by atoms with Crippen LogP contribution in [-0.4, -0.2) is 0 Å². The molecule has 0 amide bonds. The lowest BCUT2D eigenvalue weighted by Gasteiger charge is -2.02. The molecule has 59 valence electrons. The molecule has 0 N–H and O–H groups in total. The van der Waals surface area contributed by atoms with Gasteiger partial charge in [-0.2, -0.15) is 0 Å². The predicted octanol–water partition coefficient (Wildman–Crippen LogP) is 2.99. The first kappa shape index (κ1) is 8.47. The van der Waals surface area contributed by atoms with E-state index in [9.17, 15) is 8.78 Å². The minimum Gasteiger partial charge on any atom is -0.207 e. The molecule has 1 rings (SSSR count). The highest BCUT2D eigenvalue weighted by Crippen LogP contribution is 2.22. The summed E-state index contributed by atoms with van der Waals surface area (Å²) < 4.78 is 25.4. The van der Waals surface area contributed by atoms with Crippen molar-refractivity contribution in [2.45, 2.75) is 6.42 Å². The fourth-order valence-electron chi connectivity index (χ4n) is 0.798. The van der Waals surface area contributed by atoms with Crippen LogP contribution < -0.4 is 0 Å². The second-order valence-corrected chi connectivity index (χ2v) is 2.45. The molecule has 0 bridgehead atoms. The minimum absolute atomic E-state index is 0.131. The average Bonchev–Trinajstić information content (AvgIpc) is 1.99. The van der Waals surface area contributed by atoms with E-state index in [4.69, 9.17) is 11.6 Å². The molecule has 0 aliphatic carbocycles. The zero-order valence-corrected chi connectivity index (χ0v) is 6.46. The van der Waals surface area contributed by atoms with Gasteiger partial charge in [-0.3, -0.25) is 0 Å². The largest absolute Gasteiger partial charge is 0.207 e. The van der Waals surface area contributed by atoms with Crippen LogP contribution in [0.2, 0.25) is 5.02 Å². The monoisotopic (exact) mass is 175 g/mol. The molecule has 11 heavy (non-hydrogen) atoms. The predicted molar refractivity (Wildman–Crippen MR) is 40.4 cm³/mol. The smallest absolute Gasteiger partial charge is 0.142 e. The molecule has 1 radical (unpaired) electrons. The molecular formula is C8H6ClF2. The van der Waals surface area contributed by atoms with Gasteiger partial charge in [-0.05, 0) is 25.5 Å². The summed E-state index contributed by atoms with van der Waals surface area (Å²) in [6.45, 7) is 3.43. The first-order chi connectivity index (χ1) is 5.16. The van der Waals surface area contributed by atoms with Crippen molar-refractivity contribution < 1.29 is 8.78 Å². The van der Waals surface area contributed by atoms with E-state index in [-0.39, 0.29) is 17.0 Å². The summed E-state index contributed by atoms with van der Waals surface area (Å²) in [5, 5.41) is -0.167. The van der Waals surface area contributed by atoms with Gasteiger partial charge in [-0.15, -0.1) is 0 Å². The second-order valence-electron chi connectivity index (χ2n) is 2.07. The number of hydrogen-bond donors (Lipinski definition) is 0. The molecule has 0 unspecified atom stereocenters. The number of hydrogen-bond acceptors (Lipinski definition) is 0. The summed E-state index contributed by atoms with van der Waals surface area (Å²) in [4.78, 5) is 0. The van der Waals surface area contributed by atoms with Gasteiger partial charge in [0.2, 0.25) is 0 Å². The summed E-state index contributed by atoms with van der Waals surface area (Å²) in [7, 11) is 0. The van der Waals surface area contributed by atoms with Crippen LogP contribution in [0.25, 0.3) is 0 Å². The van der Waals surface area contributed by atoms with Crippen LogP contribution in [0, 0.1) is 18.6 Å². The Bertz CT molecular complexity index is 271. The van der Waals surface area contributed by atoms with Crippen molar-refractivity contribution in [3.63, 3.8) is 0 Å². The number of benzene rings is 1. The van der Waals surface area contributed by atoms with Crippen molar-refractivity contribution in [3.8, 4) is 0 Å². The highest BCUT2D eigenvalue weighted by atomic mass is 35.5. The highest BCUT2D eigenvalue weighted by Gasteiger charge is 2.08. The normalized spacial score (nSPS) is 10.2. The van der Waals surface area contributed by atoms with E-state index in [1.165, 1.54) is 0 Å². The van der Waals surface area contributed by atoms with Gasteiger partial charge in [0.15, 0.2) is 0 Å². The van der Waals surface area contributed by atoms with E-state index < -0.39 is 11.6 Å². The molecule has 0 atom stereocenters. The molecule has 0 nitrogen and oxygen atoms in total. The Kier molecular flexibility index (Phi) is 2.45. The van der Waals surface area contributed by atoms with Crippen molar-refractivity contribution in [3.05, 3.63) is 41.3 Å². The number of rotatable bonds is 1. The first-order valence-electron chi connectivity index (χ1n) is 3.08. The maximum Gasteiger partial charge on any atom is 0.142 e. The van der Waals surface area contributed by atoms with Crippen molar-refractivity contribution in [2.75, 3.05) is 0 Å². The fourth-order valence-corrected chi connectivity index (χ4v) is 1.05. The lowest BCUT2D eigenvalue weighted by molar-refractivity contribution is 0.589. The standard InChI is InChI=1S/C8H6ClF2/c1-2-5-6(10)3-4-7(11)8(5)9/h3-4H,1-2H2. The van der Waals surface area contributed by atoms with Gasteiger partial charge in [0, 0.05) is 5.56 Å². The average molecular weight is 176 g/mol. The molecule has 0 spiro atoms. The molecule has 0 aromatic heterocycles. The third-order valence-corrected chi connectivity index (χ3v) is 1.80. The Morgan fingerprint density at radius 3 is 2.27 bits per heavy atom. The Morgan fingerprint density at radius 1 is 1.27 bits per heavy atom. The molecule has 0 aliphatic heterocycles.